The Labute approximate surface area is 222 Å². The van der Waals surface area contributed by atoms with E-state index in [1.165, 1.54) is 29.0 Å². The number of ether oxygens (including phenoxy) is 2. The van der Waals surface area contributed by atoms with E-state index in [4.69, 9.17) is 9.47 Å². The van der Waals surface area contributed by atoms with E-state index < -0.39 is 6.10 Å². The van der Waals surface area contributed by atoms with Gasteiger partial charge in [0.2, 0.25) is 0 Å². The highest BCUT2D eigenvalue weighted by molar-refractivity contribution is 5.83. The third-order valence-electron chi connectivity index (χ3n) is 6.86. The van der Waals surface area contributed by atoms with Crippen LogP contribution in [0.3, 0.4) is 0 Å². The number of carbonyl (C=O) groups is 1. The summed E-state index contributed by atoms with van der Waals surface area (Å²) in [5.41, 5.74) is 3.54. The molecule has 37 heavy (non-hydrogen) atoms. The van der Waals surface area contributed by atoms with Crippen LogP contribution in [-0.2, 0) is 27.1 Å². The fourth-order valence-corrected chi connectivity index (χ4v) is 4.74. The van der Waals surface area contributed by atoms with Crippen LogP contribution >= 0.6 is 0 Å². The summed E-state index contributed by atoms with van der Waals surface area (Å²) in [6.07, 6.45) is 4.43. The van der Waals surface area contributed by atoms with Crippen molar-refractivity contribution < 1.29 is 19.4 Å². The molecule has 3 aromatic carbocycles. The Balaban J connectivity index is 1.43. The number of methoxy groups -OCH3 is 1. The van der Waals surface area contributed by atoms with Gasteiger partial charge in [0.15, 0.2) is 0 Å². The van der Waals surface area contributed by atoms with Gasteiger partial charge in [-0.25, -0.2) is 0 Å². The van der Waals surface area contributed by atoms with Crippen molar-refractivity contribution in [2.24, 2.45) is 0 Å². The van der Waals surface area contributed by atoms with E-state index in [9.17, 15) is 9.90 Å². The van der Waals surface area contributed by atoms with Crippen molar-refractivity contribution in [3.63, 3.8) is 0 Å². The number of β-amino-alcohol motifs (C(OH)–C–C–N with tert-alkyl or cyclic N) is 1. The third-order valence-corrected chi connectivity index (χ3v) is 6.86. The maximum atomic E-state index is 11.3. The van der Waals surface area contributed by atoms with Gasteiger partial charge in [0.05, 0.1) is 25.9 Å². The molecule has 0 amide bonds. The maximum Gasteiger partial charge on any atom is 0.305 e. The molecular formula is C32H43NO4. The van der Waals surface area contributed by atoms with Crippen LogP contribution in [0.1, 0.15) is 69.2 Å². The molecule has 0 fully saturated rings. The predicted molar refractivity (Wildman–Crippen MR) is 151 cm³/mol. The Hall–Kier alpha value is -2.73. The lowest BCUT2D eigenvalue weighted by Gasteiger charge is -2.28. The molecule has 3 aromatic rings. The second kappa shape index (κ2) is 14.3. The van der Waals surface area contributed by atoms with E-state index in [2.05, 4.69) is 79.8 Å². The number of aliphatic hydroxyl groups excluding tert-OH is 1. The van der Waals surface area contributed by atoms with Gasteiger partial charge < -0.3 is 19.9 Å². The number of carbonyl (C=O) groups excluding carboxylic acids is 1. The molecule has 0 saturated carbocycles. The summed E-state index contributed by atoms with van der Waals surface area (Å²) in [4.78, 5) is 11.3. The molecule has 200 valence electrons. The van der Waals surface area contributed by atoms with E-state index in [1.807, 2.05) is 13.0 Å². The number of fused-ring (bicyclic) bond motifs is 1. The van der Waals surface area contributed by atoms with Crippen LogP contribution in [0.15, 0.2) is 66.7 Å². The number of hydrogen-bond donors (Lipinski definition) is 2. The Morgan fingerprint density at radius 2 is 1.70 bits per heavy atom. The second-order valence-corrected chi connectivity index (χ2v) is 10.6. The number of esters is 1. The highest BCUT2D eigenvalue weighted by Crippen LogP contribution is 2.24. The zero-order valence-electron chi connectivity index (χ0n) is 22.8. The van der Waals surface area contributed by atoms with Crippen molar-refractivity contribution in [3.8, 4) is 0 Å². The minimum Gasteiger partial charge on any atom is -0.469 e. The molecule has 0 bridgehead atoms. The zero-order chi connectivity index (χ0) is 26.7. The van der Waals surface area contributed by atoms with Crippen molar-refractivity contribution in [2.45, 2.75) is 77.0 Å². The van der Waals surface area contributed by atoms with Gasteiger partial charge in [0.1, 0.15) is 0 Å². The predicted octanol–water partition coefficient (Wildman–Crippen LogP) is 6.17. The number of unbranched alkanes of at least 4 members (excludes halogenated alkanes) is 2. The third kappa shape index (κ3) is 9.58. The van der Waals surface area contributed by atoms with Gasteiger partial charge in [0, 0.05) is 18.5 Å². The Morgan fingerprint density at radius 3 is 2.49 bits per heavy atom. The minimum atomic E-state index is -0.594. The molecule has 0 heterocycles. The lowest BCUT2D eigenvalue weighted by molar-refractivity contribution is -0.140. The molecule has 0 saturated heterocycles. The molecule has 0 radical (unpaired) electrons. The Kier molecular flexibility index (Phi) is 11.1. The molecule has 5 nitrogen and oxygen atoms in total. The molecule has 0 unspecified atom stereocenters. The molecule has 0 aliphatic heterocycles. The first-order valence-electron chi connectivity index (χ1n) is 13.4. The van der Waals surface area contributed by atoms with Crippen molar-refractivity contribution in [1.29, 1.82) is 0 Å². The van der Waals surface area contributed by atoms with Gasteiger partial charge >= 0.3 is 5.97 Å². The van der Waals surface area contributed by atoms with Crippen molar-refractivity contribution >= 4 is 16.7 Å². The lowest BCUT2D eigenvalue weighted by Crippen LogP contribution is -2.46. The first-order chi connectivity index (χ1) is 17.8. The summed E-state index contributed by atoms with van der Waals surface area (Å²) in [5, 5.41) is 16.6. The molecule has 0 spiro atoms. The molecule has 2 N–H and O–H groups in total. The van der Waals surface area contributed by atoms with Crippen LogP contribution in [-0.4, -0.2) is 43.0 Å². The van der Waals surface area contributed by atoms with Crippen molar-refractivity contribution in [2.75, 3.05) is 20.3 Å². The number of nitrogens with one attached hydrogen (secondary N) is 1. The largest absolute Gasteiger partial charge is 0.469 e. The summed E-state index contributed by atoms with van der Waals surface area (Å²) in [5.74, 6) is -0.146. The van der Waals surface area contributed by atoms with Gasteiger partial charge in [-0.05, 0) is 73.9 Å². The number of aliphatic hydroxyl groups is 1. The monoisotopic (exact) mass is 505 g/mol. The average molecular weight is 506 g/mol. The Morgan fingerprint density at radius 1 is 0.973 bits per heavy atom. The maximum absolute atomic E-state index is 11.3. The highest BCUT2D eigenvalue weighted by atomic mass is 16.5. The summed E-state index contributed by atoms with van der Waals surface area (Å²) < 4.78 is 10.8. The average Bonchev–Trinajstić information content (AvgIpc) is 2.90. The minimum absolute atomic E-state index is 0.105. The number of rotatable bonds is 15. The standard InChI is InChI=1S/C32H43NO4/c1-24(30-16-11-10-14-27(30)13-6-5-7-17-31(35)36-4)37-23-29(34)22-33-32(2,3)21-25-18-19-26-12-8-9-15-28(26)20-25/h8-12,14-16,18-20,24,29,33-34H,5-7,13,17,21-23H2,1-4H3/t24-,29-/m1/s1. The summed E-state index contributed by atoms with van der Waals surface area (Å²) in [7, 11) is 1.43. The van der Waals surface area contributed by atoms with E-state index >= 15 is 0 Å². The molecule has 2 atom stereocenters. The topological polar surface area (TPSA) is 67.8 Å². The van der Waals surface area contributed by atoms with Gasteiger partial charge in [-0.3, -0.25) is 4.79 Å². The van der Waals surface area contributed by atoms with Crippen LogP contribution in [0.5, 0.6) is 0 Å². The van der Waals surface area contributed by atoms with Gasteiger partial charge in [-0.15, -0.1) is 0 Å². The molecule has 0 aliphatic rings. The summed E-state index contributed by atoms with van der Waals surface area (Å²) in [6.45, 7) is 7.11. The van der Waals surface area contributed by atoms with E-state index in [0.717, 1.165) is 37.7 Å². The van der Waals surface area contributed by atoms with Crippen LogP contribution in [0.2, 0.25) is 0 Å². The highest BCUT2D eigenvalue weighted by Gasteiger charge is 2.20. The smallest absolute Gasteiger partial charge is 0.305 e. The fraction of sp³-hybridized carbons (Fsp3) is 0.469. The van der Waals surface area contributed by atoms with Crippen molar-refractivity contribution in [3.05, 3.63) is 83.4 Å². The normalized spacial score (nSPS) is 13.4. The molecule has 0 aromatic heterocycles. The lowest BCUT2D eigenvalue weighted by atomic mass is 9.93. The fourth-order valence-electron chi connectivity index (χ4n) is 4.74. The number of benzene rings is 3. The van der Waals surface area contributed by atoms with Crippen LogP contribution in [0.25, 0.3) is 10.8 Å². The first kappa shape index (κ1) is 28.8. The summed E-state index contributed by atoms with van der Waals surface area (Å²) in [6, 6.07) is 23.3. The quantitative estimate of drug-likeness (QED) is 0.191. The second-order valence-electron chi connectivity index (χ2n) is 10.6. The van der Waals surface area contributed by atoms with Gasteiger partial charge in [-0.1, -0.05) is 73.2 Å². The molecule has 3 rings (SSSR count). The summed E-state index contributed by atoms with van der Waals surface area (Å²) >= 11 is 0. The molecule has 5 heteroatoms. The van der Waals surface area contributed by atoms with E-state index in [-0.39, 0.29) is 24.2 Å². The van der Waals surface area contributed by atoms with Gasteiger partial charge in [-0.2, -0.15) is 0 Å². The van der Waals surface area contributed by atoms with Gasteiger partial charge in [0.25, 0.3) is 0 Å². The van der Waals surface area contributed by atoms with Crippen LogP contribution in [0, 0.1) is 0 Å². The van der Waals surface area contributed by atoms with Crippen molar-refractivity contribution in [1.82, 2.24) is 5.32 Å². The molecular weight excluding hydrogens is 462 g/mol. The molecule has 0 aliphatic carbocycles. The Bertz CT molecular complexity index is 1130. The first-order valence-corrected chi connectivity index (χ1v) is 13.4. The zero-order valence-corrected chi connectivity index (χ0v) is 22.8. The van der Waals surface area contributed by atoms with Crippen LogP contribution < -0.4 is 5.32 Å². The van der Waals surface area contributed by atoms with E-state index in [1.54, 1.807) is 0 Å². The SMILES string of the molecule is COC(=O)CCCCCc1ccccc1[C@@H](C)OC[C@H](O)CNC(C)(C)Cc1ccc2ccccc2c1. The number of hydrogen-bond acceptors (Lipinski definition) is 5. The van der Waals surface area contributed by atoms with E-state index in [0.29, 0.717) is 13.0 Å². The number of aryl methyl sites for hydroxylation is 1. The van der Waals surface area contributed by atoms with Crippen LogP contribution in [0.4, 0.5) is 0 Å².